The number of benzene rings is 1. The Balaban J connectivity index is 1.99. The van der Waals surface area contributed by atoms with Crippen molar-refractivity contribution in [2.24, 2.45) is 5.92 Å². The predicted molar refractivity (Wildman–Crippen MR) is 90.8 cm³/mol. The Labute approximate surface area is 135 Å². The van der Waals surface area contributed by atoms with E-state index in [4.69, 9.17) is 21.6 Å². The number of rotatable bonds is 3. The molecule has 1 aliphatic heterocycles. The van der Waals surface area contributed by atoms with Gasteiger partial charge in [0.15, 0.2) is 11.5 Å². The molecule has 1 aromatic carbocycles. The van der Waals surface area contributed by atoms with Gasteiger partial charge in [-0.25, -0.2) is 4.98 Å². The summed E-state index contributed by atoms with van der Waals surface area (Å²) in [5.41, 5.74) is 6.87. The van der Waals surface area contributed by atoms with E-state index in [2.05, 4.69) is 20.8 Å². The third-order valence-electron chi connectivity index (χ3n) is 4.23. The minimum absolute atomic E-state index is 0.341. The van der Waals surface area contributed by atoms with E-state index in [1.807, 2.05) is 6.07 Å². The first kappa shape index (κ1) is 15.2. The zero-order valence-corrected chi connectivity index (χ0v) is 13.4. The summed E-state index contributed by atoms with van der Waals surface area (Å²) in [6.45, 7) is 1.68. The highest BCUT2D eigenvalue weighted by Crippen LogP contribution is 2.34. The first-order valence-electron chi connectivity index (χ1n) is 7.56. The average molecular weight is 312 g/mol. The Morgan fingerprint density at radius 3 is 2.43 bits per heavy atom. The Kier molecular flexibility index (Phi) is 4.11. The molecule has 2 aromatic rings. The molecular weight excluding hydrogens is 292 g/mol. The highest BCUT2D eigenvalue weighted by molar-refractivity contribution is 5.91. The summed E-state index contributed by atoms with van der Waals surface area (Å²) in [4.78, 5) is 11.2. The third kappa shape index (κ3) is 2.82. The number of anilines is 2. The lowest BCUT2D eigenvalue weighted by Gasteiger charge is -2.30. The lowest BCUT2D eigenvalue weighted by molar-refractivity contribution is 0.356. The maximum atomic E-state index is 6.13. The van der Waals surface area contributed by atoms with E-state index in [1.165, 1.54) is 0 Å². The molecule has 1 aromatic heterocycles. The third-order valence-corrected chi connectivity index (χ3v) is 4.23. The molecule has 0 atom stereocenters. The molecule has 3 rings (SSSR count). The molecule has 1 fully saturated rings. The van der Waals surface area contributed by atoms with E-state index in [-0.39, 0.29) is 0 Å². The summed E-state index contributed by atoms with van der Waals surface area (Å²) >= 11 is 0. The van der Waals surface area contributed by atoms with Crippen molar-refractivity contribution >= 4 is 22.7 Å². The van der Waals surface area contributed by atoms with Crippen LogP contribution in [0.25, 0.3) is 10.9 Å². The second kappa shape index (κ2) is 6.21. The number of methoxy groups -OCH3 is 2. The van der Waals surface area contributed by atoms with Gasteiger partial charge < -0.3 is 20.1 Å². The van der Waals surface area contributed by atoms with Crippen molar-refractivity contribution in [1.82, 2.24) is 9.97 Å². The van der Waals surface area contributed by atoms with Crippen LogP contribution < -0.4 is 20.1 Å². The Hall–Kier alpha value is -2.68. The quantitative estimate of drug-likeness (QED) is 0.875. The van der Waals surface area contributed by atoms with Crippen LogP contribution >= 0.6 is 0 Å². The highest BCUT2D eigenvalue weighted by atomic mass is 16.5. The van der Waals surface area contributed by atoms with Gasteiger partial charge in [0.1, 0.15) is 5.82 Å². The maximum absolute atomic E-state index is 6.13. The van der Waals surface area contributed by atoms with Gasteiger partial charge in [0.2, 0.25) is 5.95 Å². The summed E-state index contributed by atoms with van der Waals surface area (Å²) in [6.07, 6.45) is 7.40. The summed E-state index contributed by atoms with van der Waals surface area (Å²) < 4.78 is 10.6. The molecule has 6 heteroatoms. The lowest BCUT2D eigenvalue weighted by Crippen LogP contribution is -2.34. The number of nitrogen functional groups attached to an aromatic ring is 1. The molecule has 0 unspecified atom stereocenters. The summed E-state index contributed by atoms with van der Waals surface area (Å²) in [5, 5.41) is 0.755. The molecule has 6 nitrogen and oxygen atoms in total. The zero-order valence-electron chi connectivity index (χ0n) is 13.4. The number of hydrogen-bond donors (Lipinski definition) is 1. The normalized spacial score (nSPS) is 15.4. The number of fused-ring (bicyclic) bond motifs is 1. The molecule has 0 spiro atoms. The number of ether oxygens (including phenoxy) is 2. The minimum atomic E-state index is 0.341. The number of terminal acetylenes is 1. The molecule has 0 aliphatic carbocycles. The van der Waals surface area contributed by atoms with Gasteiger partial charge in [-0.1, -0.05) is 0 Å². The lowest BCUT2D eigenvalue weighted by atomic mass is 9.98. The second-order valence-corrected chi connectivity index (χ2v) is 5.56. The average Bonchev–Trinajstić information content (AvgIpc) is 2.60. The Morgan fingerprint density at radius 2 is 1.83 bits per heavy atom. The predicted octanol–water partition coefficient (Wildman–Crippen LogP) is 2.08. The minimum Gasteiger partial charge on any atom is -0.493 e. The monoisotopic (exact) mass is 312 g/mol. The number of hydrogen-bond acceptors (Lipinski definition) is 6. The van der Waals surface area contributed by atoms with Crippen LogP contribution in [0.15, 0.2) is 12.1 Å². The van der Waals surface area contributed by atoms with Crippen LogP contribution in [-0.2, 0) is 0 Å². The van der Waals surface area contributed by atoms with Crippen molar-refractivity contribution in [3.63, 3.8) is 0 Å². The van der Waals surface area contributed by atoms with Gasteiger partial charge in [0.05, 0.1) is 19.7 Å². The van der Waals surface area contributed by atoms with E-state index in [9.17, 15) is 0 Å². The molecule has 0 radical (unpaired) electrons. The topological polar surface area (TPSA) is 73.5 Å². The molecule has 1 aliphatic rings. The van der Waals surface area contributed by atoms with Crippen molar-refractivity contribution in [1.29, 1.82) is 0 Å². The maximum Gasteiger partial charge on any atom is 0.227 e. The van der Waals surface area contributed by atoms with Crippen molar-refractivity contribution in [3.05, 3.63) is 12.1 Å². The fourth-order valence-electron chi connectivity index (χ4n) is 2.85. The smallest absolute Gasteiger partial charge is 0.227 e. The van der Waals surface area contributed by atoms with Gasteiger partial charge >= 0.3 is 0 Å². The number of piperidine rings is 1. The number of nitrogens with zero attached hydrogens (tertiary/aromatic N) is 3. The van der Waals surface area contributed by atoms with Crippen LogP contribution in [0.2, 0.25) is 0 Å². The van der Waals surface area contributed by atoms with Gasteiger partial charge in [0, 0.05) is 30.5 Å². The molecule has 1 saturated heterocycles. The van der Waals surface area contributed by atoms with Gasteiger partial charge in [-0.05, 0) is 18.9 Å². The van der Waals surface area contributed by atoms with Crippen LogP contribution in [0.3, 0.4) is 0 Å². The van der Waals surface area contributed by atoms with Crippen LogP contribution in [-0.4, -0.2) is 37.3 Å². The Bertz CT molecular complexity index is 761. The van der Waals surface area contributed by atoms with Gasteiger partial charge in [0.25, 0.3) is 0 Å². The first-order valence-corrected chi connectivity index (χ1v) is 7.56. The summed E-state index contributed by atoms with van der Waals surface area (Å²) in [5.74, 6) is 5.46. The molecule has 0 saturated carbocycles. The Morgan fingerprint density at radius 1 is 1.17 bits per heavy atom. The van der Waals surface area contributed by atoms with E-state index in [0.29, 0.717) is 29.2 Å². The highest BCUT2D eigenvalue weighted by Gasteiger charge is 2.21. The zero-order chi connectivity index (χ0) is 16.4. The molecule has 23 heavy (non-hydrogen) atoms. The molecule has 0 bridgehead atoms. The molecular formula is C17H20N4O2. The van der Waals surface area contributed by atoms with E-state index in [0.717, 1.165) is 36.8 Å². The second-order valence-electron chi connectivity index (χ2n) is 5.56. The SMILES string of the molecule is C#CC1CCN(c2nc(N)c3cc(OC)c(OC)cc3n2)CC1. The van der Waals surface area contributed by atoms with E-state index in [1.54, 1.807) is 20.3 Å². The van der Waals surface area contributed by atoms with Crippen LogP contribution in [0, 0.1) is 18.3 Å². The first-order chi connectivity index (χ1) is 11.2. The molecule has 2 N–H and O–H groups in total. The van der Waals surface area contributed by atoms with Gasteiger partial charge in [-0.15, -0.1) is 12.3 Å². The molecule has 120 valence electrons. The number of nitrogens with two attached hydrogens (primary N) is 1. The van der Waals surface area contributed by atoms with Crippen molar-refractivity contribution in [3.8, 4) is 23.8 Å². The van der Waals surface area contributed by atoms with Gasteiger partial charge in [-0.2, -0.15) is 4.98 Å². The van der Waals surface area contributed by atoms with Crippen molar-refractivity contribution < 1.29 is 9.47 Å². The van der Waals surface area contributed by atoms with Crippen molar-refractivity contribution in [2.75, 3.05) is 37.9 Å². The van der Waals surface area contributed by atoms with Gasteiger partial charge in [-0.3, -0.25) is 0 Å². The van der Waals surface area contributed by atoms with Crippen LogP contribution in [0.1, 0.15) is 12.8 Å². The van der Waals surface area contributed by atoms with E-state index >= 15 is 0 Å². The van der Waals surface area contributed by atoms with Crippen molar-refractivity contribution in [2.45, 2.75) is 12.8 Å². The fourth-order valence-corrected chi connectivity index (χ4v) is 2.85. The summed E-state index contributed by atoms with van der Waals surface area (Å²) in [7, 11) is 3.18. The van der Waals surface area contributed by atoms with Crippen LogP contribution in [0.5, 0.6) is 11.5 Å². The molecule has 2 heterocycles. The fraction of sp³-hybridized carbons (Fsp3) is 0.412. The number of aromatic nitrogens is 2. The molecule has 0 amide bonds. The standard InChI is InChI=1S/C17H20N4O2/c1-4-11-5-7-21(8-6-11)17-19-13-10-15(23-3)14(22-2)9-12(13)16(18)20-17/h1,9-11H,5-8H2,2-3H3,(H2,18,19,20). The summed E-state index contributed by atoms with van der Waals surface area (Å²) in [6, 6.07) is 3.63. The van der Waals surface area contributed by atoms with E-state index < -0.39 is 0 Å². The van der Waals surface area contributed by atoms with Crippen LogP contribution in [0.4, 0.5) is 11.8 Å². The largest absolute Gasteiger partial charge is 0.493 e.